The molecule has 0 bridgehead atoms. The molecule has 110 valence electrons. The first kappa shape index (κ1) is 15.1. The Morgan fingerprint density at radius 2 is 2.16 bits per heavy atom. The summed E-state index contributed by atoms with van der Waals surface area (Å²) < 4.78 is 17.4. The number of hydrogen-bond donors (Lipinski definition) is 1. The summed E-state index contributed by atoms with van der Waals surface area (Å²) in [5, 5.41) is 10.4. The maximum absolute atomic E-state index is 9.47. The van der Waals surface area contributed by atoms with E-state index in [9.17, 15) is 5.11 Å². The summed E-state index contributed by atoms with van der Waals surface area (Å²) in [6.45, 7) is 4.16. The van der Waals surface area contributed by atoms with Crippen molar-refractivity contribution in [1.82, 2.24) is 4.90 Å². The van der Waals surface area contributed by atoms with E-state index < -0.39 is 5.79 Å². The highest BCUT2D eigenvalue weighted by Crippen LogP contribution is 2.32. The van der Waals surface area contributed by atoms with Crippen molar-refractivity contribution >= 4 is 16.9 Å². The number of thioether (sulfide) groups is 1. The lowest BCUT2D eigenvalue weighted by Crippen LogP contribution is -2.40. The molecule has 3 atom stereocenters. The highest BCUT2D eigenvalue weighted by Gasteiger charge is 2.45. The summed E-state index contributed by atoms with van der Waals surface area (Å²) in [6, 6.07) is 0. The van der Waals surface area contributed by atoms with E-state index in [1.54, 1.807) is 0 Å². The van der Waals surface area contributed by atoms with Gasteiger partial charge in [-0.05, 0) is 13.8 Å². The number of ether oxygens (including phenoxy) is 3. The number of hydrogen-bond acceptors (Lipinski definition) is 7. The topological polar surface area (TPSA) is 63.5 Å². The number of amidine groups is 1. The van der Waals surface area contributed by atoms with Crippen molar-refractivity contribution in [3.8, 4) is 0 Å². The van der Waals surface area contributed by atoms with Crippen molar-refractivity contribution < 1.29 is 19.3 Å². The van der Waals surface area contributed by atoms with Gasteiger partial charge in [-0.15, -0.1) is 0 Å². The Hall–Kier alpha value is -0.340. The molecule has 0 aromatic carbocycles. The second kappa shape index (κ2) is 5.97. The second-order valence-electron chi connectivity index (χ2n) is 5.31. The highest BCUT2D eigenvalue weighted by molar-refractivity contribution is 8.13. The molecule has 1 fully saturated rings. The third-order valence-corrected chi connectivity index (χ3v) is 4.03. The molecule has 2 heterocycles. The monoisotopic (exact) mass is 290 g/mol. The highest BCUT2D eigenvalue weighted by atomic mass is 32.2. The third kappa shape index (κ3) is 3.61. The van der Waals surface area contributed by atoms with Crippen LogP contribution in [0.1, 0.15) is 13.8 Å². The van der Waals surface area contributed by atoms with Crippen LogP contribution in [0.15, 0.2) is 4.99 Å². The molecule has 1 saturated heterocycles. The van der Waals surface area contributed by atoms with E-state index in [1.165, 1.54) is 11.8 Å². The van der Waals surface area contributed by atoms with Crippen LogP contribution in [-0.2, 0) is 14.2 Å². The first-order chi connectivity index (χ1) is 8.93. The molecule has 0 aromatic rings. The molecule has 1 N–H and O–H groups in total. The molecular formula is C12H22N2O4S. The predicted octanol–water partition coefficient (Wildman–Crippen LogP) is 0.506. The fourth-order valence-electron chi connectivity index (χ4n) is 2.23. The number of rotatable bonds is 1. The molecule has 2 aliphatic rings. The molecule has 0 aliphatic carbocycles. The van der Waals surface area contributed by atoms with Gasteiger partial charge in [0.2, 0.25) is 0 Å². The molecule has 2 aliphatic heterocycles. The van der Waals surface area contributed by atoms with E-state index in [2.05, 4.69) is 4.99 Å². The summed E-state index contributed by atoms with van der Waals surface area (Å²) in [6.07, 6.45) is -0.859. The van der Waals surface area contributed by atoms with Crippen LogP contribution in [0.25, 0.3) is 0 Å². The van der Waals surface area contributed by atoms with Gasteiger partial charge in [0.05, 0.1) is 13.2 Å². The van der Waals surface area contributed by atoms with E-state index in [0.717, 1.165) is 5.17 Å². The minimum absolute atomic E-state index is 0.0849. The molecule has 0 aromatic heterocycles. The zero-order valence-electron chi connectivity index (χ0n) is 11.8. The first-order valence-corrected chi connectivity index (χ1v) is 7.34. The van der Waals surface area contributed by atoms with Gasteiger partial charge in [0.25, 0.3) is 0 Å². The second-order valence-corrected chi connectivity index (χ2v) is 6.20. The summed E-state index contributed by atoms with van der Waals surface area (Å²) in [4.78, 5) is 6.51. The van der Waals surface area contributed by atoms with E-state index in [0.29, 0.717) is 12.5 Å². The maximum atomic E-state index is 9.47. The largest absolute Gasteiger partial charge is 0.394 e. The number of aliphatic hydroxyl groups is 1. The number of fused-ring (bicyclic) bond motifs is 1. The van der Waals surface area contributed by atoms with Gasteiger partial charge in [0, 0.05) is 14.1 Å². The van der Waals surface area contributed by atoms with Gasteiger partial charge in [0.1, 0.15) is 24.3 Å². The van der Waals surface area contributed by atoms with Crippen LogP contribution in [0.5, 0.6) is 0 Å². The number of aliphatic imine (C=N–C) groups is 1. The molecule has 7 heteroatoms. The van der Waals surface area contributed by atoms with Crippen LogP contribution in [0.4, 0.5) is 0 Å². The van der Waals surface area contributed by atoms with Crippen LogP contribution in [0.3, 0.4) is 0 Å². The van der Waals surface area contributed by atoms with Gasteiger partial charge in [-0.3, -0.25) is 4.99 Å². The lowest BCUT2D eigenvalue weighted by atomic mass is 10.1. The zero-order chi connectivity index (χ0) is 14.0. The van der Waals surface area contributed by atoms with Crippen molar-refractivity contribution in [2.24, 2.45) is 4.99 Å². The fraction of sp³-hybridized carbons (Fsp3) is 0.917. The molecule has 0 unspecified atom stereocenters. The fourth-order valence-corrected chi connectivity index (χ4v) is 3.00. The van der Waals surface area contributed by atoms with Crippen molar-refractivity contribution in [2.45, 2.75) is 37.9 Å². The summed E-state index contributed by atoms with van der Waals surface area (Å²) in [5.41, 5.74) is 0. The van der Waals surface area contributed by atoms with Crippen LogP contribution in [0.2, 0.25) is 0 Å². The summed E-state index contributed by atoms with van der Waals surface area (Å²) in [5.74, 6) is -0.221. The number of nitrogens with zero attached hydrogens (tertiary/aromatic N) is 2. The standard InChI is InChI=1S/C12H22N2O4S/c1-12(2)17-8-5-13-11(14(3)4)19-7-16-9(6-15)10(8)18-12/h8-10,15H,5-7H2,1-4H3/t8-,9-,10+/m1/s1. The normalized spacial score (nSPS) is 34.8. The Balaban J connectivity index is 2.17. The quantitative estimate of drug-likeness (QED) is 0.759. The van der Waals surface area contributed by atoms with Gasteiger partial charge >= 0.3 is 0 Å². The van der Waals surface area contributed by atoms with Crippen LogP contribution >= 0.6 is 11.8 Å². The Labute approximate surface area is 118 Å². The summed E-state index contributed by atoms with van der Waals surface area (Å²) >= 11 is 1.51. The molecule has 0 spiro atoms. The lowest BCUT2D eigenvalue weighted by molar-refractivity contribution is -0.160. The van der Waals surface area contributed by atoms with E-state index in [-0.39, 0.29) is 24.9 Å². The van der Waals surface area contributed by atoms with Crippen LogP contribution < -0.4 is 0 Å². The average Bonchev–Trinajstić information content (AvgIpc) is 2.65. The van der Waals surface area contributed by atoms with Crippen LogP contribution in [0, 0.1) is 0 Å². The van der Waals surface area contributed by atoms with Gasteiger partial charge < -0.3 is 24.2 Å². The van der Waals surface area contributed by atoms with Gasteiger partial charge in [-0.1, -0.05) is 11.8 Å². The van der Waals surface area contributed by atoms with Crippen LogP contribution in [-0.4, -0.2) is 72.5 Å². The summed E-state index contributed by atoms with van der Waals surface area (Å²) in [7, 11) is 3.89. The molecule has 2 rings (SSSR count). The molecule has 0 radical (unpaired) electrons. The van der Waals surface area contributed by atoms with Gasteiger partial charge in [-0.2, -0.15) is 0 Å². The first-order valence-electron chi connectivity index (χ1n) is 6.35. The Morgan fingerprint density at radius 3 is 2.79 bits per heavy atom. The third-order valence-electron chi connectivity index (χ3n) is 3.03. The van der Waals surface area contributed by atoms with Crippen molar-refractivity contribution in [3.63, 3.8) is 0 Å². The Morgan fingerprint density at radius 1 is 1.42 bits per heavy atom. The van der Waals surface area contributed by atoms with Crippen molar-refractivity contribution in [1.29, 1.82) is 0 Å². The van der Waals surface area contributed by atoms with E-state index in [1.807, 2.05) is 32.8 Å². The van der Waals surface area contributed by atoms with E-state index in [4.69, 9.17) is 14.2 Å². The average molecular weight is 290 g/mol. The Kier molecular flexibility index (Phi) is 4.73. The molecule has 0 amide bonds. The maximum Gasteiger partial charge on any atom is 0.163 e. The molecule has 6 nitrogen and oxygen atoms in total. The van der Waals surface area contributed by atoms with Gasteiger partial charge in [0.15, 0.2) is 11.0 Å². The molecule has 19 heavy (non-hydrogen) atoms. The minimum Gasteiger partial charge on any atom is -0.394 e. The molecule has 0 saturated carbocycles. The smallest absolute Gasteiger partial charge is 0.163 e. The number of aliphatic hydroxyl groups excluding tert-OH is 1. The SMILES string of the molecule is CN(C)C1=NC[C@H]2OC(C)(C)O[C@@H]2[C@@H](CO)OCS1. The molecular weight excluding hydrogens is 268 g/mol. The zero-order valence-corrected chi connectivity index (χ0v) is 12.6. The van der Waals surface area contributed by atoms with E-state index >= 15 is 0 Å². The van der Waals surface area contributed by atoms with Gasteiger partial charge in [-0.25, -0.2) is 0 Å². The van der Waals surface area contributed by atoms with Crippen molar-refractivity contribution in [2.75, 3.05) is 33.2 Å². The Bertz CT molecular complexity index is 349. The van der Waals surface area contributed by atoms with Crippen molar-refractivity contribution in [3.05, 3.63) is 0 Å². The lowest BCUT2D eigenvalue weighted by Gasteiger charge is -2.23. The minimum atomic E-state index is -0.660. The predicted molar refractivity (Wildman–Crippen MR) is 74.2 cm³/mol.